The number of hydrogen-bond donors (Lipinski definition) is 0. The zero-order valence-corrected chi connectivity index (χ0v) is 10.9. The molecule has 2 rings (SSSR count). The summed E-state index contributed by atoms with van der Waals surface area (Å²) >= 11 is 0. The molecule has 0 fully saturated rings. The Kier molecular flexibility index (Phi) is 4.43. The number of nitriles is 1. The zero-order chi connectivity index (χ0) is 13.7. The van der Waals surface area contributed by atoms with Crippen molar-refractivity contribution in [2.45, 2.75) is 16.6 Å². The molecule has 0 aliphatic heterocycles. The van der Waals surface area contributed by atoms with Crippen molar-refractivity contribution < 1.29 is 8.60 Å². The Hall–Kier alpha value is -1.99. The van der Waals surface area contributed by atoms with Gasteiger partial charge in [0.05, 0.1) is 28.5 Å². The second kappa shape index (κ2) is 6.26. The molecule has 0 amide bonds. The highest BCUT2D eigenvalue weighted by molar-refractivity contribution is 7.85. The van der Waals surface area contributed by atoms with Crippen molar-refractivity contribution in [2.75, 3.05) is 0 Å². The smallest absolute Gasteiger partial charge is 0.124 e. The fourth-order valence-electron chi connectivity index (χ4n) is 1.82. The SMILES string of the molecule is N#CCC(c1ccccc1)S(=O)c1cccc(F)c1. The summed E-state index contributed by atoms with van der Waals surface area (Å²) in [5.74, 6) is -0.422. The lowest BCUT2D eigenvalue weighted by Gasteiger charge is -2.14. The molecule has 0 saturated heterocycles. The van der Waals surface area contributed by atoms with E-state index in [1.807, 2.05) is 36.4 Å². The van der Waals surface area contributed by atoms with Gasteiger partial charge in [0.1, 0.15) is 5.82 Å². The largest absolute Gasteiger partial charge is 0.254 e. The maximum Gasteiger partial charge on any atom is 0.124 e. The van der Waals surface area contributed by atoms with Gasteiger partial charge in [-0.1, -0.05) is 36.4 Å². The van der Waals surface area contributed by atoms with Crippen molar-refractivity contribution in [1.82, 2.24) is 0 Å². The predicted octanol–water partition coefficient (Wildman–Crippen LogP) is 3.59. The van der Waals surface area contributed by atoms with Gasteiger partial charge in [-0.3, -0.25) is 4.21 Å². The molecule has 2 nitrogen and oxygen atoms in total. The first-order valence-electron chi connectivity index (χ1n) is 5.80. The molecular formula is C15H12FNOS. The second-order valence-electron chi connectivity index (χ2n) is 4.02. The van der Waals surface area contributed by atoms with Gasteiger partial charge < -0.3 is 0 Å². The van der Waals surface area contributed by atoms with Crippen molar-refractivity contribution in [3.8, 4) is 6.07 Å². The third-order valence-electron chi connectivity index (χ3n) is 2.73. The Bertz CT molecular complexity index is 622. The molecular weight excluding hydrogens is 261 g/mol. The highest BCUT2D eigenvalue weighted by atomic mass is 32.2. The molecule has 0 N–H and O–H groups in total. The van der Waals surface area contributed by atoms with Crippen LogP contribution >= 0.6 is 0 Å². The monoisotopic (exact) mass is 273 g/mol. The van der Waals surface area contributed by atoms with E-state index in [1.54, 1.807) is 6.07 Å². The van der Waals surface area contributed by atoms with E-state index in [0.717, 1.165) is 5.56 Å². The van der Waals surface area contributed by atoms with Crippen LogP contribution in [0.25, 0.3) is 0 Å². The van der Waals surface area contributed by atoms with Crippen molar-refractivity contribution in [2.24, 2.45) is 0 Å². The molecule has 0 bridgehead atoms. The molecule has 2 aromatic carbocycles. The lowest BCUT2D eigenvalue weighted by Crippen LogP contribution is -2.06. The van der Waals surface area contributed by atoms with E-state index < -0.39 is 21.9 Å². The standard InChI is InChI=1S/C15H12FNOS/c16-13-7-4-8-14(11-13)19(18)15(9-10-17)12-5-2-1-3-6-12/h1-8,11,15H,9H2. The van der Waals surface area contributed by atoms with Crippen LogP contribution in [0, 0.1) is 17.1 Å². The fraction of sp³-hybridized carbons (Fsp3) is 0.133. The molecule has 0 aromatic heterocycles. The van der Waals surface area contributed by atoms with E-state index in [0.29, 0.717) is 4.90 Å². The normalized spacial score (nSPS) is 13.5. The minimum atomic E-state index is -1.44. The van der Waals surface area contributed by atoms with Gasteiger partial charge in [-0.25, -0.2) is 4.39 Å². The van der Waals surface area contributed by atoms with E-state index in [4.69, 9.17) is 5.26 Å². The molecule has 0 radical (unpaired) electrons. The van der Waals surface area contributed by atoms with Gasteiger partial charge in [-0.15, -0.1) is 0 Å². The third-order valence-corrected chi connectivity index (χ3v) is 4.41. The van der Waals surface area contributed by atoms with Gasteiger partial charge in [0, 0.05) is 4.90 Å². The van der Waals surface area contributed by atoms with E-state index in [2.05, 4.69) is 0 Å². The van der Waals surface area contributed by atoms with Gasteiger partial charge in [0.25, 0.3) is 0 Å². The quantitative estimate of drug-likeness (QED) is 0.854. The van der Waals surface area contributed by atoms with Crippen LogP contribution in [0.15, 0.2) is 59.5 Å². The molecule has 96 valence electrons. The van der Waals surface area contributed by atoms with E-state index >= 15 is 0 Å². The van der Waals surface area contributed by atoms with Crippen molar-refractivity contribution in [3.05, 3.63) is 66.0 Å². The first-order valence-corrected chi connectivity index (χ1v) is 7.01. The summed E-state index contributed by atoms with van der Waals surface area (Å²) in [7, 11) is -1.44. The number of benzene rings is 2. The van der Waals surface area contributed by atoms with E-state index in [-0.39, 0.29) is 6.42 Å². The summed E-state index contributed by atoms with van der Waals surface area (Å²) in [6.07, 6.45) is 0.132. The molecule has 0 heterocycles. The Morgan fingerprint density at radius 1 is 1.16 bits per heavy atom. The predicted molar refractivity (Wildman–Crippen MR) is 72.2 cm³/mol. The van der Waals surface area contributed by atoms with Crippen LogP contribution < -0.4 is 0 Å². The molecule has 0 spiro atoms. The summed E-state index contributed by atoms with van der Waals surface area (Å²) in [6, 6.07) is 16.9. The van der Waals surface area contributed by atoms with Gasteiger partial charge >= 0.3 is 0 Å². The third kappa shape index (κ3) is 3.27. The lowest BCUT2D eigenvalue weighted by atomic mass is 10.1. The minimum absolute atomic E-state index is 0.132. The number of nitrogens with zero attached hydrogens (tertiary/aromatic N) is 1. The lowest BCUT2D eigenvalue weighted by molar-refractivity contribution is 0.622. The van der Waals surface area contributed by atoms with Crippen LogP contribution in [0.2, 0.25) is 0 Å². The Morgan fingerprint density at radius 3 is 2.53 bits per heavy atom. The number of hydrogen-bond acceptors (Lipinski definition) is 2. The Balaban J connectivity index is 2.35. The summed E-state index contributed by atoms with van der Waals surface area (Å²) in [5.41, 5.74) is 0.826. The van der Waals surface area contributed by atoms with Crippen LogP contribution in [0.3, 0.4) is 0 Å². The van der Waals surface area contributed by atoms with Gasteiger partial charge in [0.2, 0.25) is 0 Å². The summed E-state index contributed by atoms with van der Waals surface area (Å²) < 4.78 is 25.7. The van der Waals surface area contributed by atoms with Crippen LogP contribution in [0.4, 0.5) is 4.39 Å². The van der Waals surface area contributed by atoms with Crippen molar-refractivity contribution >= 4 is 10.8 Å². The molecule has 2 atom stereocenters. The molecule has 0 aliphatic rings. The van der Waals surface area contributed by atoms with Crippen LogP contribution in [0.5, 0.6) is 0 Å². The van der Waals surface area contributed by atoms with Crippen LogP contribution in [-0.2, 0) is 10.8 Å². The van der Waals surface area contributed by atoms with Crippen LogP contribution in [-0.4, -0.2) is 4.21 Å². The van der Waals surface area contributed by atoms with Crippen molar-refractivity contribution in [3.63, 3.8) is 0 Å². The molecule has 2 aromatic rings. The molecule has 2 unspecified atom stereocenters. The Morgan fingerprint density at radius 2 is 1.89 bits per heavy atom. The Labute approximate surface area is 114 Å². The molecule has 0 saturated carbocycles. The minimum Gasteiger partial charge on any atom is -0.254 e. The average Bonchev–Trinajstić information content (AvgIpc) is 2.45. The van der Waals surface area contributed by atoms with E-state index in [1.165, 1.54) is 18.2 Å². The second-order valence-corrected chi connectivity index (χ2v) is 5.65. The van der Waals surface area contributed by atoms with Gasteiger partial charge in [-0.05, 0) is 23.8 Å². The van der Waals surface area contributed by atoms with E-state index in [9.17, 15) is 8.60 Å². The van der Waals surface area contributed by atoms with Crippen LogP contribution in [0.1, 0.15) is 17.2 Å². The topological polar surface area (TPSA) is 40.9 Å². The number of halogens is 1. The number of rotatable bonds is 4. The van der Waals surface area contributed by atoms with Gasteiger partial charge in [0.15, 0.2) is 0 Å². The first-order chi connectivity index (χ1) is 9.22. The maximum absolute atomic E-state index is 13.2. The summed E-state index contributed by atoms with van der Waals surface area (Å²) in [4.78, 5) is 0.407. The highest BCUT2D eigenvalue weighted by Gasteiger charge is 2.20. The van der Waals surface area contributed by atoms with Gasteiger partial charge in [-0.2, -0.15) is 5.26 Å². The maximum atomic E-state index is 13.2. The first kappa shape index (κ1) is 13.4. The van der Waals surface area contributed by atoms with Crippen molar-refractivity contribution in [1.29, 1.82) is 5.26 Å². The molecule has 4 heteroatoms. The zero-order valence-electron chi connectivity index (χ0n) is 10.1. The summed E-state index contributed by atoms with van der Waals surface area (Å²) in [5, 5.41) is 8.45. The fourth-order valence-corrected chi connectivity index (χ4v) is 3.22. The highest BCUT2D eigenvalue weighted by Crippen LogP contribution is 2.28. The molecule has 0 aliphatic carbocycles. The molecule has 19 heavy (non-hydrogen) atoms. The average molecular weight is 273 g/mol. The summed E-state index contributed by atoms with van der Waals surface area (Å²) in [6.45, 7) is 0.